The Hall–Kier alpha value is -2.94. The first-order valence-corrected chi connectivity index (χ1v) is 7.42. The summed E-state index contributed by atoms with van der Waals surface area (Å²) in [6.07, 6.45) is 7.65. The van der Waals surface area contributed by atoms with Gasteiger partial charge < -0.3 is 5.32 Å². The molecule has 1 N–H and O–H groups in total. The van der Waals surface area contributed by atoms with Crippen LogP contribution in [0.3, 0.4) is 0 Å². The van der Waals surface area contributed by atoms with Crippen molar-refractivity contribution in [3.63, 3.8) is 0 Å². The molecule has 0 bridgehead atoms. The number of hydrogen-bond donors (Lipinski definition) is 1. The average Bonchev–Trinajstić information content (AvgIpc) is 2.58. The molecular weight excluding hydrogens is 287 g/mol. The predicted octanol–water partition coefficient (Wildman–Crippen LogP) is 5.44. The molecule has 2 nitrogen and oxygen atoms in total. The Kier molecular flexibility index (Phi) is 4.48. The molecule has 0 aliphatic heterocycles. The van der Waals surface area contributed by atoms with Crippen molar-refractivity contribution in [3.05, 3.63) is 89.5 Å². The number of nitrogens with one attached hydrogen (secondary N) is 1. The minimum Gasteiger partial charge on any atom is -0.355 e. The summed E-state index contributed by atoms with van der Waals surface area (Å²) >= 11 is 0. The summed E-state index contributed by atoms with van der Waals surface area (Å²) < 4.78 is 13.0. The highest BCUT2D eigenvalue weighted by molar-refractivity contribution is 5.73. The van der Waals surface area contributed by atoms with Crippen molar-refractivity contribution in [1.29, 1.82) is 0 Å². The lowest BCUT2D eigenvalue weighted by atomic mass is 10.1. The summed E-state index contributed by atoms with van der Waals surface area (Å²) in [5.74, 6) is -0.236. The quantitative estimate of drug-likeness (QED) is 0.694. The van der Waals surface area contributed by atoms with Crippen LogP contribution < -0.4 is 5.32 Å². The summed E-state index contributed by atoms with van der Waals surface area (Å²) in [7, 11) is 0. The number of anilines is 2. The molecule has 23 heavy (non-hydrogen) atoms. The van der Waals surface area contributed by atoms with Crippen LogP contribution in [0.1, 0.15) is 16.7 Å². The van der Waals surface area contributed by atoms with Gasteiger partial charge in [-0.15, -0.1) is 0 Å². The van der Waals surface area contributed by atoms with Gasteiger partial charge >= 0.3 is 0 Å². The molecule has 0 radical (unpaired) electrons. The van der Waals surface area contributed by atoms with E-state index in [4.69, 9.17) is 0 Å². The van der Waals surface area contributed by atoms with E-state index in [-0.39, 0.29) is 5.82 Å². The van der Waals surface area contributed by atoms with Crippen LogP contribution in [0.25, 0.3) is 12.2 Å². The molecule has 3 aromatic rings. The maximum Gasteiger partial charge on any atom is 0.123 e. The first-order chi connectivity index (χ1) is 11.2. The Morgan fingerprint density at radius 2 is 1.74 bits per heavy atom. The summed E-state index contributed by atoms with van der Waals surface area (Å²) in [6, 6.07) is 16.5. The largest absolute Gasteiger partial charge is 0.355 e. The Labute approximate surface area is 135 Å². The first-order valence-electron chi connectivity index (χ1n) is 7.42. The third kappa shape index (κ3) is 4.04. The number of halogens is 1. The fourth-order valence-electron chi connectivity index (χ4n) is 2.23. The minimum absolute atomic E-state index is 0.236. The molecule has 0 saturated heterocycles. The van der Waals surface area contributed by atoms with Crippen LogP contribution in [0.15, 0.2) is 67.0 Å². The van der Waals surface area contributed by atoms with Crippen LogP contribution in [-0.4, -0.2) is 4.98 Å². The monoisotopic (exact) mass is 304 g/mol. The van der Waals surface area contributed by atoms with Gasteiger partial charge in [0, 0.05) is 23.8 Å². The number of aryl methyl sites for hydroxylation is 1. The molecule has 3 rings (SSSR count). The van der Waals surface area contributed by atoms with E-state index < -0.39 is 0 Å². The van der Waals surface area contributed by atoms with E-state index in [1.807, 2.05) is 37.4 Å². The van der Waals surface area contributed by atoms with Gasteiger partial charge in [0.25, 0.3) is 0 Å². The fraction of sp³-hybridized carbons (Fsp3) is 0.0500. The topological polar surface area (TPSA) is 24.9 Å². The third-order valence-corrected chi connectivity index (χ3v) is 3.54. The second-order valence-corrected chi connectivity index (χ2v) is 5.33. The van der Waals surface area contributed by atoms with Crippen LogP contribution in [-0.2, 0) is 0 Å². The van der Waals surface area contributed by atoms with E-state index in [0.717, 1.165) is 28.1 Å². The first kappa shape index (κ1) is 15.0. The lowest BCUT2D eigenvalue weighted by molar-refractivity contribution is 0.628. The van der Waals surface area contributed by atoms with Gasteiger partial charge in [0.1, 0.15) is 5.82 Å². The molecule has 0 unspecified atom stereocenters. The molecule has 2 aromatic carbocycles. The second-order valence-electron chi connectivity index (χ2n) is 5.33. The van der Waals surface area contributed by atoms with Crippen molar-refractivity contribution in [1.82, 2.24) is 4.98 Å². The maximum atomic E-state index is 13.0. The zero-order chi connectivity index (χ0) is 16.1. The van der Waals surface area contributed by atoms with Gasteiger partial charge in [0.15, 0.2) is 0 Å². The minimum atomic E-state index is -0.236. The van der Waals surface area contributed by atoms with Crippen molar-refractivity contribution in [3.8, 4) is 0 Å². The van der Waals surface area contributed by atoms with Crippen molar-refractivity contribution in [2.75, 3.05) is 5.32 Å². The van der Waals surface area contributed by atoms with E-state index in [0.29, 0.717) is 0 Å². The smallest absolute Gasteiger partial charge is 0.123 e. The lowest BCUT2D eigenvalue weighted by Gasteiger charge is -2.10. The van der Waals surface area contributed by atoms with E-state index in [9.17, 15) is 4.39 Å². The molecule has 0 spiro atoms. The van der Waals surface area contributed by atoms with Crippen molar-refractivity contribution < 1.29 is 4.39 Å². The van der Waals surface area contributed by atoms with Gasteiger partial charge in [0.05, 0.1) is 0 Å². The summed E-state index contributed by atoms with van der Waals surface area (Å²) in [5, 5.41) is 3.33. The van der Waals surface area contributed by atoms with Gasteiger partial charge in [-0.3, -0.25) is 4.98 Å². The number of aromatic nitrogens is 1. The van der Waals surface area contributed by atoms with Gasteiger partial charge in [-0.1, -0.05) is 30.4 Å². The highest BCUT2D eigenvalue weighted by Crippen LogP contribution is 2.23. The van der Waals surface area contributed by atoms with Crippen LogP contribution in [0, 0.1) is 12.7 Å². The molecule has 0 aliphatic rings. The van der Waals surface area contributed by atoms with E-state index in [2.05, 4.69) is 28.5 Å². The molecule has 0 saturated carbocycles. The van der Waals surface area contributed by atoms with E-state index in [1.54, 1.807) is 18.3 Å². The molecule has 1 heterocycles. The molecule has 0 aliphatic carbocycles. The van der Waals surface area contributed by atoms with Gasteiger partial charge in [0.2, 0.25) is 0 Å². The Morgan fingerprint density at radius 1 is 0.957 bits per heavy atom. The van der Waals surface area contributed by atoms with Crippen LogP contribution in [0.2, 0.25) is 0 Å². The summed E-state index contributed by atoms with van der Waals surface area (Å²) in [6.45, 7) is 2.04. The van der Waals surface area contributed by atoms with Crippen LogP contribution in [0.4, 0.5) is 15.8 Å². The van der Waals surface area contributed by atoms with Crippen molar-refractivity contribution in [2.45, 2.75) is 6.92 Å². The normalized spacial score (nSPS) is 10.9. The molecule has 0 atom stereocenters. The standard InChI is InChI=1S/C20H17FN2/c1-15-4-5-16(6-7-17-3-2-12-22-14-17)13-20(15)23-19-10-8-18(21)9-11-19/h2-14,23H,1H3/b7-6+. The highest BCUT2D eigenvalue weighted by Gasteiger charge is 2.00. The van der Waals surface area contributed by atoms with Gasteiger partial charge in [-0.25, -0.2) is 4.39 Å². The fourth-order valence-corrected chi connectivity index (χ4v) is 2.23. The number of benzene rings is 2. The average molecular weight is 304 g/mol. The predicted molar refractivity (Wildman–Crippen MR) is 94.0 cm³/mol. The Morgan fingerprint density at radius 3 is 2.48 bits per heavy atom. The molecule has 1 aromatic heterocycles. The lowest BCUT2D eigenvalue weighted by Crippen LogP contribution is -1.93. The maximum absolute atomic E-state index is 13.0. The second kappa shape index (κ2) is 6.88. The molecule has 0 fully saturated rings. The molecule has 0 amide bonds. The number of rotatable bonds is 4. The van der Waals surface area contributed by atoms with Crippen molar-refractivity contribution >= 4 is 23.5 Å². The van der Waals surface area contributed by atoms with Gasteiger partial charge in [-0.2, -0.15) is 0 Å². The van der Waals surface area contributed by atoms with Crippen LogP contribution >= 0.6 is 0 Å². The van der Waals surface area contributed by atoms with E-state index in [1.165, 1.54) is 12.1 Å². The Bertz CT molecular complexity index is 809. The SMILES string of the molecule is Cc1ccc(/C=C/c2cccnc2)cc1Nc1ccc(F)cc1. The summed E-state index contributed by atoms with van der Waals surface area (Å²) in [4.78, 5) is 4.10. The van der Waals surface area contributed by atoms with Crippen molar-refractivity contribution in [2.24, 2.45) is 0 Å². The van der Waals surface area contributed by atoms with Crippen LogP contribution in [0.5, 0.6) is 0 Å². The zero-order valence-electron chi connectivity index (χ0n) is 12.8. The molecule has 114 valence electrons. The number of nitrogens with zero attached hydrogens (tertiary/aromatic N) is 1. The number of pyridine rings is 1. The number of hydrogen-bond acceptors (Lipinski definition) is 2. The zero-order valence-corrected chi connectivity index (χ0v) is 12.8. The Balaban J connectivity index is 1.81. The summed E-state index contributed by atoms with van der Waals surface area (Å²) in [5.41, 5.74) is 5.14. The van der Waals surface area contributed by atoms with E-state index >= 15 is 0 Å². The third-order valence-electron chi connectivity index (χ3n) is 3.54. The molecule has 3 heteroatoms. The molecular formula is C20H17FN2. The van der Waals surface area contributed by atoms with Gasteiger partial charge in [-0.05, 0) is 60.0 Å². The highest BCUT2D eigenvalue weighted by atomic mass is 19.1.